The highest BCUT2D eigenvalue weighted by Gasteiger charge is 2.69. The highest BCUT2D eigenvalue weighted by Crippen LogP contribution is 2.60. The van der Waals surface area contributed by atoms with E-state index in [1.54, 1.807) is 0 Å². The molecule has 4 saturated heterocycles. The predicted octanol–water partition coefficient (Wildman–Crippen LogP) is 2.62. The first kappa shape index (κ1) is 15.3. The lowest BCUT2D eigenvalue weighted by Crippen LogP contribution is -2.70. The number of rotatable bonds is 2. The predicted molar refractivity (Wildman–Crippen MR) is 78.5 cm³/mol. The van der Waals surface area contributed by atoms with Gasteiger partial charge in [0.05, 0.1) is 6.10 Å². The number of aliphatic hydroxyl groups is 1. The zero-order chi connectivity index (χ0) is 15.5. The van der Waals surface area contributed by atoms with Gasteiger partial charge in [0.15, 0.2) is 11.9 Å². The Morgan fingerprint density at radius 1 is 1.09 bits per heavy atom. The zero-order valence-electron chi connectivity index (χ0n) is 13.8. The molecule has 126 valence electrons. The van der Waals surface area contributed by atoms with Gasteiger partial charge >= 0.3 is 0 Å². The first-order valence-electron chi connectivity index (χ1n) is 8.81. The fourth-order valence-corrected chi connectivity index (χ4v) is 5.44. The summed E-state index contributed by atoms with van der Waals surface area (Å²) in [5, 5.41) is 9.36. The fraction of sp³-hybridized carbons (Fsp3) is 1.00. The van der Waals surface area contributed by atoms with Crippen LogP contribution in [0.25, 0.3) is 0 Å². The molecule has 5 fully saturated rings. The van der Waals surface area contributed by atoms with E-state index in [2.05, 4.69) is 13.8 Å². The lowest BCUT2D eigenvalue weighted by Gasteiger charge is -2.60. The van der Waals surface area contributed by atoms with Crippen LogP contribution in [0, 0.1) is 23.7 Å². The van der Waals surface area contributed by atoms with Crippen LogP contribution in [0.4, 0.5) is 0 Å². The number of hydrogen-bond acceptors (Lipinski definition) is 5. The Kier molecular flexibility index (Phi) is 3.59. The Morgan fingerprint density at radius 2 is 1.91 bits per heavy atom. The summed E-state index contributed by atoms with van der Waals surface area (Å²) in [6.07, 6.45) is 4.56. The molecule has 1 saturated carbocycles. The standard InChI is InChI=1S/C17H28O5/c1-10-4-5-13-11(2)14(7-9-18)19-15-17(13)12(10)6-8-16(3,20-15)21-22-17/h10-15,18H,4-9H2,1-3H3/t10-,11-,12+,13+,14-,15-,16?,17-/m1/s1. The van der Waals surface area contributed by atoms with Crippen molar-refractivity contribution in [2.75, 3.05) is 6.61 Å². The molecule has 5 aliphatic rings. The number of ether oxygens (including phenoxy) is 2. The maximum Gasteiger partial charge on any atom is 0.201 e. The molecule has 1 unspecified atom stereocenters. The van der Waals surface area contributed by atoms with E-state index in [1.807, 2.05) is 6.92 Å². The molecule has 0 radical (unpaired) electrons. The molecule has 0 aromatic rings. The van der Waals surface area contributed by atoms with Crippen molar-refractivity contribution < 1.29 is 24.4 Å². The van der Waals surface area contributed by atoms with E-state index in [0.29, 0.717) is 30.1 Å². The van der Waals surface area contributed by atoms with Crippen molar-refractivity contribution >= 4 is 0 Å². The minimum absolute atomic E-state index is 0.0335. The van der Waals surface area contributed by atoms with Crippen molar-refractivity contribution in [2.45, 2.75) is 76.7 Å². The molecule has 0 amide bonds. The first-order valence-corrected chi connectivity index (χ1v) is 8.81. The highest BCUT2D eigenvalue weighted by atomic mass is 17.3. The van der Waals surface area contributed by atoms with Crippen molar-refractivity contribution in [3.8, 4) is 0 Å². The monoisotopic (exact) mass is 312 g/mol. The van der Waals surface area contributed by atoms with Crippen molar-refractivity contribution in [1.29, 1.82) is 0 Å². The second-order valence-corrected chi connectivity index (χ2v) is 7.96. The molecule has 4 aliphatic heterocycles. The Bertz CT molecular complexity index is 443. The Morgan fingerprint density at radius 3 is 2.68 bits per heavy atom. The molecule has 5 nitrogen and oxygen atoms in total. The van der Waals surface area contributed by atoms with Crippen LogP contribution in [-0.4, -0.2) is 35.5 Å². The van der Waals surface area contributed by atoms with Gasteiger partial charge in [-0.25, -0.2) is 9.78 Å². The normalized spacial score (nSPS) is 57.3. The molecule has 4 heterocycles. The smallest absolute Gasteiger partial charge is 0.201 e. The van der Waals surface area contributed by atoms with Gasteiger partial charge in [-0.15, -0.1) is 0 Å². The number of hydrogen-bond donors (Lipinski definition) is 1. The van der Waals surface area contributed by atoms with Gasteiger partial charge in [-0.05, 0) is 50.4 Å². The van der Waals surface area contributed by atoms with Gasteiger partial charge in [-0.1, -0.05) is 13.8 Å². The van der Waals surface area contributed by atoms with E-state index < -0.39 is 11.4 Å². The maximum absolute atomic E-state index is 9.36. The Balaban J connectivity index is 1.75. The summed E-state index contributed by atoms with van der Waals surface area (Å²) in [6.45, 7) is 6.64. The lowest BCUT2D eigenvalue weighted by molar-refractivity contribution is -0.571. The molecule has 8 atom stereocenters. The fourth-order valence-electron chi connectivity index (χ4n) is 5.44. The second kappa shape index (κ2) is 5.15. The van der Waals surface area contributed by atoms with E-state index in [1.165, 1.54) is 6.42 Å². The summed E-state index contributed by atoms with van der Waals surface area (Å²) >= 11 is 0. The summed E-state index contributed by atoms with van der Waals surface area (Å²) in [4.78, 5) is 11.8. The quantitative estimate of drug-likeness (QED) is 0.794. The van der Waals surface area contributed by atoms with E-state index in [9.17, 15) is 5.11 Å². The molecule has 0 aromatic heterocycles. The van der Waals surface area contributed by atoms with E-state index in [4.69, 9.17) is 19.2 Å². The molecule has 5 rings (SSSR count). The SMILES string of the molecule is C[C@H]1[C@@H](CCO)O[C@@H]2OC3(C)CC[C@H]4[C@H](C)CC[C@@H]1[C@@]24OO3. The number of aliphatic hydroxyl groups excluding tert-OH is 1. The van der Waals surface area contributed by atoms with Crippen molar-refractivity contribution in [2.24, 2.45) is 23.7 Å². The Labute approximate surface area is 132 Å². The average Bonchev–Trinajstić information content (AvgIpc) is 2.71. The van der Waals surface area contributed by atoms with Gasteiger partial charge in [0.25, 0.3) is 0 Å². The third kappa shape index (κ3) is 1.96. The molecule has 2 bridgehead atoms. The van der Waals surface area contributed by atoms with Gasteiger partial charge in [0, 0.05) is 18.9 Å². The summed E-state index contributed by atoms with van der Waals surface area (Å²) in [6, 6.07) is 0. The molecular weight excluding hydrogens is 284 g/mol. The van der Waals surface area contributed by atoms with Crippen molar-refractivity contribution in [3.05, 3.63) is 0 Å². The summed E-state index contributed by atoms with van der Waals surface area (Å²) in [5.74, 6) is 1.01. The summed E-state index contributed by atoms with van der Waals surface area (Å²) < 4.78 is 12.6. The van der Waals surface area contributed by atoms with E-state index in [0.717, 1.165) is 19.3 Å². The molecule has 22 heavy (non-hydrogen) atoms. The van der Waals surface area contributed by atoms with Crippen LogP contribution in [0.1, 0.15) is 52.9 Å². The van der Waals surface area contributed by atoms with E-state index in [-0.39, 0.29) is 19.0 Å². The van der Waals surface area contributed by atoms with E-state index >= 15 is 0 Å². The summed E-state index contributed by atoms with van der Waals surface area (Å²) in [7, 11) is 0. The van der Waals surface area contributed by atoms with Gasteiger partial charge in [0.1, 0.15) is 0 Å². The third-order valence-electron chi connectivity index (χ3n) is 6.71. The molecule has 1 spiro atoms. The minimum atomic E-state index is -0.706. The van der Waals surface area contributed by atoms with Gasteiger partial charge in [-0.2, -0.15) is 0 Å². The first-order chi connectivity index (χ1) is 10.5. The van der Waals surface area contributed by atoms with Gasteiger partial charge < -0.3 is 14.6 Å². The van der Waals surface area contributed by atoms with Crippen LogP contribution in [0.15, 0.2) is 0 Å². The van der Waals surface area contributed by atoms with Crippen LogP contribution >= 0.6 is 0 Å². The zero-order valence-corrected chi connectivity index (χ0v) is 13.8. The average molecular weight is 312 g/mol. The largest absolute Gasteiger partial charge is 0.396 e. The highest BCUT2D eigenvalue weighted by molar-refractivity contribution is 5.09. The van der Waals surface area contributed by atoms with Crippen LogP contribution < -0.4 is 0 Å². The molecule has 1 N–H and O–H groups in total. The van der Waals surface area contributed by atoms with Crippen molar-refractivity contribution in [3.63, 3.8) is 0 Å². The number of fused-ring (bicyclic) bond motifs is 2. The third-order valence-corrected chi connectivity index (χ3v) is 6.71. The second-order valence-electron chi connectivity index (χ2n) is 7.96. The molecular formula is C17H28O5. The Hall–Kier alpha value is -0.200. The topological polar surface area (TPSA) is 57.2 Å². The van der Waals surface area contributed by atoms with Crippen molar-refractivity contribution in [1.82, 2.24) is 0 Å². The lowest BCUT2D eigenvalue weighted by atomic mass is 9.57. The minimum Gasteiger partial charge on any atom is -0.396 e. The van der Waals surface area contributed by atoms with Crippen LogP contribution in [0.2, 0.25) is 0 Å². The molecule has 1 aliphatic carbocycles. The van der Waals surface area contributed by atoms with Crippen LogP contribution in [0.3, 0.4) is 0 Å². The van der Waals surface area contributed by atoms with Gasteiger partial charge in [-0.3, -0.25) is 0 Å². The molecule has 5 heteroatoms. The van der Waals surface area contributed by atoms with Gasteiger partial charge in [0.2, 0.25) is 5.79 Å². The van der Waals surface area contributed by atoms with Crippen LogP contribution in [-0.2, 0) is 19.2 Å². The van der Waals surface area contributed by atoms with Crippen LogP contribution in [0.5, 0.6) is 0 Å². The maximum atomic E-state index is 9.36. The molecule has 0 aromatic carbocycles. The summed E-state index contributed by atoms with van der Waals surface area (Å²) in [5.41, 5.74) is -0.473.